The van der Waals surface area contributed by atoms with Crippen molar-refractivity contribution >= 4 is 17.6 Å². The van der Waals surface area contributed by atoms with E-state index in [1.54, 1.807) is 24.3 Å². The third-order valence-electron chi connectivity index (χ3n) is 6.31. The number of aryl methyl sites for hydroxylation is 1. The molecule has 4 nitrogen and oxygen atoms in total. The van der Waals surface area contributed by atoms with Crippen LogP contribution in [0.2, 0.25) is 0 Å². The van der Waals surface area contributed by atoms with Gasteiger partial charge in [-0.15, -0.1) is 0 Å². The minimum Gasteiger partial charge on any atom is -0.298 e. The highest BCUT2D eigenvalue weighted by atomic mass is 16.1. The number of carbonyl (C=O) groups excluding carboxylic acids is 2. The van der Waals surface area contributed by atoms with Crippen molar-refractivity contribution < 1.29 is 9.59 Å². The van der Waals surface area contributed by atoms with Crippen LogP contribution in [0, 0.1) is 29.6 Å². The molecule has 1 aliphatic carbocycles. The number of ketones is 1. The second-order valence-electron chi connectivity index (χ2n) is 8.43. The van der Waals surface area contributed by atoms with Gasteiger partial charge in [0.1, 0.15) is 24.0 Å². The van der Waals surface area contributed by atoms with Crippen molar-refractivity contribution in [3.8, 4) is 45.5 Å². The normalized spacial score (nSPS) is 11.6. The summed E-state index contributed by atoms with van der Waals surface area (Å²) in [5.74, 6) is -0.329. The average Bonchev–Trinajstić information content (AvgIpc) is 2.91. The van der Waals surface area contributed by atoms with Gasteiger partial charge in [-0.3, -0.25) is 9.59 Å². The first-order valence-corrected chi connectivity index (χ1v) is 11.0. The van der Waals surface area contributed by atoms with E-state index in [0.717, 1.165) is 45.2 Å². The quantitative estimate of drug-likeness (QED) is 0.195. The van der Waals surface area contributed by atoms with Crippen LogP contribution in [0.15, 0.2) is 90.5 Å². The molecular formula is C31H18N2O2. The molecule has 5 rings (SSSR count). The molecule has 0 N–H and O–H groups in total. The summed E-state index contributed by atoms with van der Waals surface area (Å²) in [6.45, 7) is 2.03. The van der Waals surface area contributed by atoms with Gasteiger partial charge < -0.3 is 0 Å². The minimum atomic E-state index is -0.329. The van der Waals surface area contributed by atoms with Crippen LogP contribution in [0.3, 0.4) is 0 Å². The average molecular weight is 450 g/mol. The van der Waals surface area contributed by atoms with Crippen molar-refractivity contribution in [3.63, 3.8) is 0 Å². The number of allylic oxidation sites excluding steroid dienone is 2. The summed E-state index contributed by atoms with van der Waals surface area (Å²) in [6, 6.07) is 30.5. The Balaban J connectivity index is 1.76. The maximum absolute atomic E-state index is 13.5. The summed E-state index contributed by atoms with van der Waals surface area (Å²) in [6.07, 6.45) is 0.799. The SMILES string of the molecule is Cc1ccc(-c2ccc3c(c2)-c2cc(-c4ccc(C=O)cc4)ccc2C(=C(C#N)C#N)C3=O)cc1. The number of carbonyl (C=O) groups is 2. The van der Waals surface area contributed by atoms with E-state index in [2.05, 4.69) is 0 Å². The van der Waals surface area contributed by atoms with Crippen LogP contribution in [-0.2, 0) is 0 Å². The Hall–Kier alpha value is -5.06. The summed E-state index contributed by atoms with van der Waals surface area (Å²) in [7, 11) is 0. The molecule has 0 unspecified atom stereocenters. The van der Waals surface area contributed by atoms with Gasteiger partial charge in [0.2, 0.25) is 0 Å². The van der Waals surface area contributed by atoms with Crippen molar-refractivity contribution in [1.82, 2.24) is 0 Å². The lowest BCUT2D eigenvalue weighted by Crippen LogP contribution is -2.13. The molecule has 35 heavy (non-hydrogen) atoms. The molecule has 0 heterocycles. The number of fused-ring (bicyclic) bond motifs is 3. The molecule has 4 aromatic carbocycles. The van der Waals surface area contributed by atoms with E-state index >= 15 is 0 Å². The van der Waals surface area contributed by atoms with Crippen molar-refractivity contribution in [3.05, 3.63) is 113 Å². The lowest BCUT2D eigenvalue weighted by atomic mass is 9.78. The summed E-state index contributed by atoms with van der Waals surface area (Å²) in [4.78, 5) is 24.5. The van der Waals surface area contributed by atoms with Crippen LogP contribution in [0.4, 0.5) is 0 Å². The van der Waals surface area contributed by atoms with Crippen molar-refractivity contribution in [2.24, 2.45) is 0 Å². The number of hydrogen-bond acceptors (Lipinski definition) is 4. The standard InChI is InChI=1S/C31H18N2O2/c1-19-2-6-21(7-3-19)24-11-13-27-29(15-24)28-14-23(22-8-4-20(18-34)5-9-22)10-12-26(28)30(31(27)35)25(16-32)17-33/h2-15,18H,1H3. The Kier molecular flexibility index (Phi) is 5.41. The molecule has 164 valence electrons. The van der Waals surface area contributed by atoms with Crippen LogP contribution < -0.4 is 0 Å². The zero-order chi connectivity index (χ0) is 24.5. The molecule has 4 aromatic rings. The number of benzene rings is 4. The predicted molar refractivity (Wildman–Crippen MR) is 135 cm³/mol. The van der Waals surface area contributed by atoms with Crippen molar-refractivity contribution in [2.75, 3.05) is 0 Å². The molecule has 0 bridgehead atoms. The van der Waals surface area contributed by atoms with E-state index in [-0.39, 0.29) is 16.9 Å². The molecule has 0 amide bonds. The lowest BCUT2D eigenvalue weighted by molar-refractivity contribution is 0.105. The molecule has 4 heteroatoms. The highest BCUT2D eigenvalue weighted by molar-refractivity contribution is 6.36. The number of Topliss-reactive ketones (excluding diaryl/α,β-unsaturated/α-hetero) is 1. The van der Waals surface area contributed by atoms with Crippen LogP contribution in [0.25, 0.3) is 39.0 Å². The van der Waals surface area contributed by atoms with E-state index in [4.69, 9.17) is 0 Å². The predicted octanol–water partition coefficient (Wildman–Crippen LogP) is 6.81. The number of nitrogens with zero attached hydrogens (tertiary/aromatic N) is 2. The van der Waals surface area contributed by atoms with Crippen LogP contribution in [0.1, 0.15) is 31.8 Å². The summed E-state index contributed by atoms with van der Waals surface area (Å²) in [5, 5.41) is 19.1. The summed E-state index contributed by atoms with van der Waals surface area (Å²) in [5.41, 5.74) is 8.05. The fourth-order valence-electron chi connectivity index (χ4n) is 4.45. The monoisotopic (exact) mass is 450 g/mol. The Morgan fingerprint density at radius 1 is 0.657 bits per heavy atom. The van der Waals surface area contributed by atoms with Gasteiger partial charge in [0.25, 0.3) is 0 Å². The highest BCUT2D eigenvalue weighted by Gasteiger charge is 2.30. The van der Waals surface area contributed by atoms with E-state index in [1.165, 1.54) is 0 Å². The summed E-state index contributed by atoms with van der Waals surface area (Å²) < 4.78 is 0. The smallest absolute Gasteiger partial charge is 0.196 e. The zero-order valence-electron chi connectivity index (χ0n) is 18.9. The van der Waals surface area contributed by atoms with Gasteiger partial charge in [0.05, 0.1) is 5.57 Å². The van der Waals surface area contributed by atoms with Gasteiger partial charge in [0, 0.05) is 11.1 Å². The molecule has 0 saturated carbocycles. The molecule has 0 spiro atoms. The molecule has 0 radical (unpaired) electrons. The lowest BCUT2D eigenvalue weighted by Gasteiger charge is -2.23. The van der Waals surface area contributed by atoms with Gasteiger partial charge >= 0.3 is 0 Å². The first-order chi connectivity index (χ1) is 17.0. The van der Waals surface area contributed by atoms with E-state index in [1.807, 2.05) is 79.7 Å². The minimum absolute atomic E-state index is 0.128. The first-order valence-electron chi connectivity index (χ1n) is 11.0. The Labute approximate surface area is 203 Å². The van der Waals surface area contributed by atoms with E-state index in [9.17, 15) is 20.1 Å². The Bertz CT molecular complexity index is 1610. The second kappa shape index (κ2) is 8.71. The van der Waals surface area contributed by atoms with Crippen LogP contribution in [0.5, 0.6) is 0 Å². The van der Waals surface area contributed by atoms with E-state index < -0.39 is 0 Å². The third-order valence-corrected chi connectivity index (χ3v) is 6.31. The maximum atomic E-state index is 13.5. The molecule has 0 atom stereocenters. The highest BCUT2D eigenvalue weighted by Crippen LogP contribution is 2.43. The molecule has 0 saturated heterocycles. The van der Waals surface area contributed by atoms with Gasteiger partial charge in [-0.2, -0.15) is 10.5 Å². The number of hydrogen-bond donors (Lipinski definition) is 0. The summed E-state index contributed by atoms with van der Waals surface area (Å²) >= 11 is 0. The molecule has 1 aliphatic rings. The van der Waals surface area contributed by atoms with Crippen LogP contribution in [-0.4, -0.2) is 12.1 Å². The molecule has 0 aromatic heterocycles. The maximum Gasteiger partial charge on any atom is 0.196 e. The van der Waals surface area contributed by atoms with Gasteiger partial charge in [0.15, 0.2) is 5.78 Å². The van der Waals surface area contributed by atoms with Crippen molar-refractivity contribution in [2.45, 2.75) is 6.92 Å². The number of nitriles is 2. The number of aldehydes is 1. The Morgan fingerprint density at radius 2 is 1.14 bits per heavy atom. The van der Waals surface area contributed by atoms with Gasteiger partial charge in [-0.05, 0) is 64.1 Å². The van der Waals surface area contributed by atoms with Crippen molar-refractivity contribution in [1.29, 1.82) is 10.5 Å². The first kappa shape index (κ1) is 21.8. The fraction of sp³-hybridized carbons (Fsp3) is 0.0323. The zero-order valence-corrected chi connectivity index (χ0v) is 18.9. The Morgan fingerprint density at radius 3 is 1.69 bits per heavy atom. The second-order valence-corrected chi connectivity index (χ2v) is 8.43. The molecule has 0 aliphatic heterocycles. The van der Waals surface area contributed by atoms with E-state index in [0.29, 0.717) is 16.7 Å². The van der Waals surface area contributed by atoms with Crippen LogP contribution >= 0.6 is 0 Å². The topological polar surface area (TPSA) is 81.7 Å². The van der Waals surface area contributed by atoms with Gasteiger partial charge in [-0.1, -0.05) is 72.3 Å². The largest absolute Gasteiger partial charge is 0.298 e. The molecular weight excluding hydrogens is 432 g/mol. The molecule has 0 fully saturated rings. The third kappa shape index (κ3) is 3.74. The fourth-order valence-corrected chi connectivity index (χ4v) is 4.45. The van der Waals surface area contributed by atoms with Gasteiger partial charge in [-0.25, -0.2) is 0 Å². The number of rotatable bonds is 3.